The fourth-order valence-electron chi connectivity index (χ4n) is 2.05. The Labute approximate surface area is 77.9 Å². The summed E-state index contributed by atoms with van der Waals surface area (Å²) < 4.78 is 0. The average Bonchev–Trinajstić information content (AvgIpc) is 2.62. The first-order valence-corrected chi connectivity index (χ1v) is 4.62. The van der Waals surface area contributed by atoms with Gasteiger partial charge in [0, 0.05) is 16.6 Å². The van der Waals surface area contributed by atoms with Crippen LogP contribution in [0.3, 0.4) is 0 Å². The maximum absolute atomic E-state index is 3.43. The van der Waals surface area contributed by atoms with Gasteiger partial charge in [0.25, 0.3) is 0 Å². The average molecular weight is 167 g/mol. The van der Waals surface area contributed by atoms with Crippen LogP contribution in [0.4, 0.5) is 0 Å². The van der Waals surface area contributed by atoms with Crippen LogP contribution >= 0.6 is 0 Å². The summed E-state index contributed by atoms with van der Waals surface area (Å²) in [4.78, 5) is 3.43. The third-order valence-electron chi connectivity index (χ3n) is 2.70. The molecule has 0 aliphatic heterocycles. The lowest BCUT2D eigenvalue weighted by molar-refractivity contribution is 1.33. The molecule has 0 radical (unpaired) electrons. The third kappa shape index (κ3) is 0.887. The van der Waals surface area contributed by atoms with Crippen molar-refractivity contribution in [3.8, 4) is 0 Å². The summed E-state index contributed by atoms with van der Waals surface area (Å²) >= 11 is 0. The van der Waals surface area contributed by atoms with Crippen molar-refractivity contribution in [1.82, 2.24) is 4.98 Å². The molecule has 1 nitrogen and oxygen atoms in total. The SMILES string of the molecule is Bc1ccc2c3c([nH]c2c1)C=CC3. The largest absolute Gasteiger partial charge is 0.355 e. The fourth-order valence-corrected chi connectivity index (χ4v) is 2.05. The van der Waals surface area contributed by atoms with Gasteiger partial charge in [0.15, 0.2) is 0 Å². The Kier molecular flexibility index (Phi) is 1.23. The van der Waals surface area contributed by atoms with Crippen molar-refractivity contribution in [2.45, 2.75) is 6.42 Å². The lowest BCUT2D eigenvalue weighted by atomic mass is 9.95. The quantitative estimate of drug-likeness (QED) is 0.563. The molecule has 0 amide bonds. The molecule has 0 bridgehead atoms. The van der Waals surface area contributed by atoms with Crippen LogP contribution in [-0.2, 0) is 6.42 Å². The van der Waals surface area contributed by atoms with E-state index in [-0.39, 0.29) is 0 Å². The smallest absolute Gasteiger partial charge is 0.139 e. The summed E-state index contributed by atoms with van der Waals surface area (Å²) in [6.45, 7) is 0. The molecule has 1 aromatic carbocycles. The van der Waals surface area contributed by atoms with Crippen molar-refractivity contribution in [1.29, 1.82) is 0 Å². The highest BCUT2D eigenvalue weighted by Gasteiger charge is 2.11. The van der Waals surface area contributed by atoms with Crippen LogP contribution in [-0.4, -0.2) is 12.8 Å². The van der Waals surface area contributed by atoms with Crippen LogP contribution < -0.4 is 5.46 Å². The van der Waals surface area contributed by atoms with Gasteiger partial charge in [-0.25, -0.2) is 0 Å². The second kappa shape index (κ2) is 2.29. The number of fused-ring (bicyclic) bond motifs is 3. The predicted octanol–water partition coefficient (Wildman–Crippen LogP) is 0.996. The van der Waals surface area contributed by atoms with E-state index < -0.39 is 0 Å². The normalized spacial score (nSPS) is 13.8. The Bertz CT molecular complexity index is 508. The second-order valence-electron chi connectivity index (χ2n) is 3.67. The predicted molar refractivity (Wildman–Crippen MR) is 59.2 cm³/mol. The van der Waals surface area contributed by atoms with Crippen molar-refractivity contribution in [2.75, 3.05) is 0 Å². The number of aromatic nitrogens is 1. The third-order valence-corrected chi connectivity index (χ3v) is 2.70. The minimum Gasteiger partial charge on any atom is -0.355 e. The van der Waals surface area contributed by atoms with E-state index in [1.54, 1.807) is 0 Å². The standard InChI is InChI=1S/C11H10BN/c12-7-4-5-9-8-2-1-3-10(8)13-11(9)6-7/h1,3-6,13H,2,12H2. The Morgan fingerprint density at radius 1 is 1.31 bits per heavy atom. The Hall–Kier alpha value is -1.44. The van der Waals surface area contributed by atoms with E-state index >= 15 is 0 Å². The van der Waals surface area contributed by atoms with E-state index in [9.17, 15) is 0 Å². The summed E-state index contributed by atoms with van der Waals surface area (Å²) in [7, 11) is 2.13. The number of benzene rings is 1. The van der Waals surface area contributed by atoms with Crippen LogP contribution in [0, 0.1) is 0 Å². The molecule has 1 aromatic heterocycles. The van der Waals surface area contributed by atoms with Crippen molar-refractivity contribution in [3.05, 3.63) is 35.5 Å². The number of rotatable bonds is 0. The zero-order chi connectivity index (χ0) is 8.84. The zero-order valence-corrected chi connectivity index (χ0v) is 7.59. The number of allylic oxidation sites excluding steroid dienone is 1. The molecule has 0 atom stereocenters. The Morgan fingerprint density at radius 2 is 2.23 bits per heavy atom. The van der Waals surface area contributed by atoms with Crippen LogP contribution in [0.5, 0.6) is 0 Å². The number of H-pyrrole nitrogens is 1. The summed E-state index contributed by atoms with van der Waals surface area (Å²) in [5.41, 5.74) is 5.33. The highest BCUT2D eigenvalue weighted by Crippen LogP contribution is 2.27. The second-order valence-corrected chi connectivity index (χ2v) is 3.67. The molecule has 2 heteroatoms. The Morgan fingerprint density at radius 3 is 3.15 bits per heavy atom. The number of hydrogen-bond donors (Lipinski definition) is 1. The van der Waals surface area contributed by atoms with Crippen molar-refractivity contribution in [2.24, 2.45) is 0 Å². The highest BCUT2D eigenvalue weighted by atomic mass is 14.7. The summed E-state index contributed by atoms with van der Waals surface area (Å²) in [5.74, 6) is 0. The van der Waals surface area contributed by atoms with Gasteiger partial charge >= 0.3 is 0 Å². The van der Waals surface area contributed by atoms with Gasteiger partial charge in [-0.05, 0) is 24.1 Å². The number of hydrogen-bond acceptors (Lipinski definition) is 0. The van der Waals surface area contributed by atoms with Crippen molar-refractivity contribution >= 4 is 30.3 Å². The lowest BCUT2D eigenvalue weighted by Gasteiger charge is -1.94. The molecule has 0 saturated heterocycles. The maximum atomic E-state index is 3.43. The molecule has 0 saturated carbocycles. The minimum atomic E-state index is 1.08. The van der Waals surface area contributed by atoms with Gasteiger partial charge in [-0.1, -0.05) is 23.7 Å². The van der Waals surface area contributed by atoms with E-state index in [1.807, 2.05) is 0 Å². The lowest BCUT2D eigenvalue weighted by Crippen LogP contribution is -1.99. The molecule has 0 fully saturated rings. The Balaban J connectivity index is 2.43. The fraction of sp³-hybridized carbons (Fsp3) is 0.0909. The van der Waals surface area contributed by atoms with Gasteiger partial charge in [-0.2, -0.15) is 0 Å². The van der Waals surface area contributed by atoms with Crippen LogP contribution in [0.2, 0.25) is 0 Å². The van der Waals surface area contributed by atoms with Crippen LogP contribution in [0.1, 0.15) is 11.3 Å². The molecular formula is C11H10BN. The van der Waals surface area contributed by atoms with Crippen molar-refractivity contribution in [3.63, 3.8) is 0 Å². The van der Waals surface area contributed by atoms with Gasteiger partial charge in [0.05, 0.1) is 0 Å². The van der Waals surface area contributed by atoms with E-state index in [0.717, 1.165) is 6.42 Å². The minimum absolute atomic E-state index is 1.08. The molecule has 0 unspecified atom stereocenters. The zero-order valence-electron chi connectivity index (χ0n) is 7.59. The molecule has 62 valence electrons. The van der Waals surface area contributed by atoms with Crippen LogP contribution in [0.15, 0.2) is 24.3 Å². The van der Waals surface area contributed by atoms with Gasteiger partial charge in [-0.3, -0.25) is 0 Å². The highest BCUT2D eigenvalue weighted by molar-refractivity contribution is 6.33. The van der Waals surface area contributed by atoms with Gasteiger partial charge in [0.2, 0.25) is 0 Å². The van der Waals surface area contributed by atoms with Crippen molar-refractivity contribution < 1.29 is 0 Å². The molecular weight excluding hydrogens is 157 g/mol. The molecule has 1 heterocycles. The van der Waals surface area contributed by atoms with E-state index in [1.165, 1.54) is 27.6 Å². The molecule has 1 aliphatic carbocycles. The van der Waals surface area contributed by atoms with E-state index in [2.05, 4.69) is 43.2 Å². The molecule has 2 aromatic rings. The molecule has 13 heavy (non-hydrogen) atoms. The van der Waals surface area contributed by atoms with E-state index in [4.69, 9.17) is 0 Å². The first-order valence-electron chi connectivity index (χ1n) is 4.62. The molecule has 1 N–H and O–H groups in total. The molecule has 3 rings (SSSR count). The first-order chi connectivity index (χ1) is 6.34. The maximum Gasteiger partial charge on any atom is 0.139 e. The summed E-state index contributed by atoms with van der Waals surface area (Å²) in [6, 6.07) is 6.60. The number of aromatic amines is 1. The molecule has 1 aliphatic rings. The molecule has 0 spiro atoms. The van der Waals surface area contributed by atoms with E-state index in [0.29, 0.717) is 0 Å². The van der Waals surface area contributed by atoms with Gasteiger partial charge in [0.1, 0.15) is 7.85 Å². The first kappa shape index (κ1) is 7.02. The topological polar surface area (TPSA) is 15.8 Å². The van der Waals surface area contributed by atoms with Gasteiger partial charge < -0.3 is 4.98 Å². The van der Waals surface area contributed by atoms with Crippen LogP contribution in [0.25, 0.3) is 17.0 Å². The monoisotopic (exact) mass is 167 g/mol. The van der Waals surface area contributed by atoms with Gasteiger partial charge in [-0.15, -0.1) is 0 Å². The number of nitrogens with one attached hydrogen (secondary N) is 1. The summed E-state index contributed by atoms with van der Waals surface area (Å²) in [5, 5.41) is 1.38. The summed E-state index contributed by atoms with van der Waals surface area (Å²) in [6.07, 6.45) is 5.46.